The Labute approximate surface area is 163 Å². The summed E-state index contributed by atoms with van der Waals surface area (Å²) in [4.78, 5) is 10.7. The molecule has 0 radical (unpaired) electrons. The number of aliphatic hydroxyl groups excluding tert-OH is 2. The van der Waals surface area contributed by atoms with Crippen molar-refractivity contribution in [2.75, 3.05) is 0 Å². The molecule has 3 rings (SSSR count). The number of carboxylic acid groups (broad SMARTS) is 1. The molecule has 1 unspecified atom stereocenters. The molecule has 152 valence electrons. The Balaban J connectivity index is 1.57. The lowest BCUT2D eigenvalue weighted by molar-refractivity contribution is -0.136. The molecule has 27 heavy (non-hydrogen) atoms. The van der Waals surface area contributed by atoms with E-state index in [2.05, 4.69) is 19.1 Å². The lowest BCUT2D eigenvalue weighted by Crippen LogP contribution is -2.51. The third-order valence-corrected chi connectivity index (χ3v) is 7.46. The molecular formula is C23H36O4. The number of allylic oxidation sites excluding steroid dienone is 2. The van der Waals surface area contributed by atoms with Gasteiger partial charge in [-0.1, -0.05) is 62.8 Å². The van der Waals surface area contributed by atoms with Crippen LogP contribution >= 0.6 is 0 Å². The fourth-order valence-corrected chi connectivity index (χ4v) is 5.67. The Hall–Kier alpha value is -1.13. The van der Waals surface area contributed by atoms with E-state index in [9.17, 15) is 15.0 Å². The predicted octanol–water partition coefficient (Wildman–Crippen LogP) is 4.46. The molecule has 0 amide bonds. The van der Waals surface area contributed by atoms with E-state index in [1.165, 1.54) is 37.7 Å². The highest BCUT2D eigenvalue weighted by Crippen LogP contribution is 2.61. The molecule has 0 saturated heterocycles. The largest absolute Gasteiger partial charge is 0.481 e. The van der Waals surface area contributed by atoms with E-state index in [1.807, 2.05) is 6.08 Å². The van der Waals surface area contributed by atoms with E-state index in [4.69, 9.17) is 5.11 Å². The summed E-state index contributed by atoms with van der Waals surface area (Å²) in [6, 6.07) is 0. The lowest BCUT2D eigenvalue weighted by atomic mass is 9.48. The fourth-order valence-electron chi connectivity index (χ4n) is 5.67. The highest BCUT2D eigenvalue weighted by atomic mass is 16.4. The van der Waals surface area contributed by atoms with Crippen molar-refractivity contribution in [3.8, 4) is 0 Å². The predicted molar refractivity (Wildman–Crippen MR) is 106 cm³/mol. The quantitative estimate of drug-likeness (QED) is 0.573. The van der Waals surface area contributed by atoms with Crippen LogP contribution in [0.25, 0.3) is 0 Å². The van der Waals surface area contributed by atoms with Crippen LogP contribution in [0.2, 0.25) is 0 Å². The molecule has 3 aliphatic rings. The van der Waals surface area contributed by atoms with Crippen molar-refractivity contribution in [1.29, 1.82) is 0 Å². The molecule has 0 aromatic rings. The van der Waals surface area contributed by atoms with Gasteiger partial charge in [-0.15, -0.1) is 0 Å². The summed E-state index contributed by atoms with van der Waals surface area (Å²) in [5.41, 5.74) is 1.45. The van der Waals surface area contributed by atoms with E-state index in [0.29, 0.717) is 18.3 Å². The first-order chi connectivity index (χ1) is 12.9. The van der Waals surface area contributed by atoms with Gasteiger partial charge in [0.1, 0.15) is 0 Å². The van der Waals surface area contributed by atoms with Crippen LogP contribution in [0.4, 0.5) is 0 Å². The molecule has 0 aliphatic heterocycles. The number of rotatable bonds is 7. The Kier molecular flexibility index (Phi) is 6.80. The van der Waals surface area contributed by atoms with Crippen molar-refractivity contribution >= 4 is 5.97 Å². The van der Waals surface area contributed by atoms with Gasteiger partial charge in [-0.3, -0.25) is 4.79 Å². The summed E-state index contributed by atoms with van der Waals surface area (Å²) in [7, 11) is 0. The van der Waals surface area contributed by atoms with Crippen LogP contribution in [0, 0.1) is 23.2 Å². The van der Waals surface area contributed by atoms with E-state index in [0.717, 1.165) is 25.7 Å². The highest BCUT2D eigenvalue weighted by Gasteiger charge is 2.53. The van der Waals surface area contributed by atoms with Gasteiger partial charge in [-0.05, 0) is 49.4 Å². The van der Waals surface area contributed by atoms with E-state index in [1.54, 1.807) is 0 Å². The smallest absolute Gasteiger partial charge is 0.303 e. The minimum Gasteiger partial charge on any atom is -0.481 e. The summed E-state index contributed by atoms with van der Waals surface area (Å²) in [6.07, 6.45) is 16.1. The number of carboxylic acids is 1. The van der Waals surface area contributed by atoms with Crippen LogP contribution in [0.1, 0.15) is 77.6 Å². The Bertz CT molecular complexity index is 575. The number of aliphatic hydroxyl groups is 2. The molecule has 4 heteroatoms. The maximum atomic E-state index is 10.7. The van der Waals surface area contributed by atoms with Gasteiger partial charge in [0.15, 0.2) is 0 Å². The summed E-state index contributed by atoms with van der Waals surface area (Å²) in [6.45, 7) is 2.26. The summed E-state index contributed by atoms with van der Waals surface area (Å²) in [5, 5.41) is 29.8. The second kappa shape index (κ2) is 8.91. The second-order valence-electron chi connectivity index (χ2n) is 9.27. The molecule has 0 aromatic heterocycles. The maximum Gasteiger partial charge on any atom is 0.303 e. The molecule has 0 aromatic carbocycles. The summed E-state index contributed by atoms with van der Waals surface area (Å²) < 4.78 is 0. The first kappa shape index (κ1) is 20.6. The molecular weight excluding hydrogens is 340 g/mol. The van der Waals surface area contributed by atoms with Gasteiger partial charge < -0.3 is 15.3 Å². The van der Waals surface area contributed by atoms with E-state index >= 15 is 0 Å². The zero-order chi connectivity index (χ0) is 19.4. The normalized spacial score (nSPS) is 37.1. The van der Waals surface area contributed by atoms with Gasteiger partial charge in [0.05, 0.1) is 12.2 Å². The van der Waals surface area contributed by atoms with Gasteiger partial charge in [0, 0.05) is 12.3 Å². The third-order valence-electron chi connectivity index (χ3n) is 7.46. The van der Waals surface area contributed by atoms with Gasteiger partial charge in [0.25, 0.3) is 0 Å². The minimum absolute atomic E-state index is 0.0844. The average Bonchev–Trinajstić information content (AvgIpc) is 2.63. The van der Waals surface area contributed by atoms with Crippen molar-refractivity contribution in [2.24, 2.45) is 23.2 Å². The van der Waals surface area contributed by atoms with Gasteiger partial charge >= 0.3 is 5.97 Å². The molecule has 3 aliphatic carbocycles. The number of fused-ring (bicyclic) bond motifs is 1. The number of hydrogen-bond acceptors (Lipinski definition) is 3. The van der Waals surface area contributed by atoms with Gasteiger partial charge in [-0.25, -0.2) is 0 Å². The molecule has 3 saturated carbocycles. The Morgan fingerprint density at radius 1 is 1.26 bits per heavy atom. The second-order valence-corrected chi connectivity index (χ2v) is 9.27. The molecule has 0 heterocycles. The SMILES string of the molecule is C[C@@]12CC[C@H](O)[C@@H](/C=C/C(O)CC3CCCCC3)[C@@H]1CC2=CCCC(=O)O. The number of hydrogen-bond donors (Lipinski definition) is 3. The Morgan fingerprint density at radius 3 is 2.70 bits per heavy atom. The molecule has 5 atom stereocenters. The zero-order valence-electron chi connectivity index (χ0n) is 16.6. The van der Waals surface area contributed by atoms with E-state index < -0.39 is 12.1 Å². The van der Waals surface area contributed by atoms with Crippen molar-refractivity contribution in [1.82, 2.24) is 0 Å². The molecule has 3 fully saturated rings. The minimum atomic E-state index is -0.750. The monoisotopic (exact) mass is 376 g/mol. The average molecular weight is 377 g/mol. The first-order valence-electron chi connectivity index (χ1n) is 10.9. The van der Waals surface area contributed by atoms with Gasteiger partial charge in [0.2, 0.25) is 0 Å². The van der Waals surface area contributed by atoms with Crippen LogP contribution in [0.15, 0.2) is 23.8 Å². The van der Waals surface area contributed by atoms with Crippen molar-refractivity contribution < 1.29 is 20.1 Å². The lowest BCUT2D eigenvalue weighted by Gasteiger charge is -2.57. The van der Waals surface area contributed by atoms with Gasteiger partial charge in [-0.2, -0.15) is 0 Å². The Morgan fingerprint density at radius 2 is 2.00 bits per heavy atom. The first-order valence-corrected chi connectivity index (χ1v) is 10.9. The van der Waals surface area contributed by atoms with E-state index in [-0.39, 0.29) is 23.9 Å². The van der Waals surface area contributed by atoms with Crippen molar-refractivity contribution in [2.45, 2.75) is 89.8 Å². The van der Waals surface area contributed by atoms with Crippen molar-refractivity contribution in [3.63, 3.8) is 0 Å². The fraction of sp³-hybridized carbons (Fsp3) is 0.783. The standard InChI is InChI=1S/C23H36O4/c1-23-13-12-21(25)19(20(23)15-17(23)8-5-9-22(26)27)11-10-18(24)14-16-6-3-2-4-7-16/h8,10-11,16,18-21,24-25H,2-7,9,12-15H2,1H3,(H,26,27)/b11-10+,17-8?/t18?,19-,20-,21-,23-/m0/s1. The van der Waals surface area contributed by atoms with Crippen LogP contribution in [-0.2, 0) is 4.79 Å². The zero-order valence-corrected chi connectivity index (χ0v) is 16.6. The van der Waals surface area contributed by atoms with Crippen LogP contribution in [0.3, 0.4) is 0 Å². The number of carbonyl (C=O) groups is 1. The number of aliphatic carboxylic acids is 1. The molecule has 4 nitrogen and oxygen atoms in total. The molecule has 3 N–H and O–H groups in total. The maximum absolute atomic E-state index is 10.7. The highest BCUT2D eigenvalue weighted by molar-refractivity contribution is 5.66. The summed E-state index contributed by atoms with van der Waals surface area (Å²) >= 11 is 0. The van der Waals surface area contributed by atoms with Crippen molar-refractivity contribution in [3.05, 3.63) is 23.8 Å². The summed E-state index contributed by atoms with van der Waals surface area (Å²) in [5.74, 6) is 0.393. The third kappa shape index (κ3) is 4.83. The van der Waals surface area contributed by atoms with Crippen LogP contribution < -0.4 is 0 Å². The molecule has 0 spiro atoms. The molecule has 0 bridgehead atoms. The van der Waals surface area contributed by atoms with Crippen LogP contribution in [-0.4, -0.2) is 33.5 Å². The topological polar surface area (TPSA) is 77.8 Å². The van der Waals surface area contributed by atoms with Crippen LogP contribution in [0.5, 0.6) is 0 Å².